The molecule has 0 amide bonds. The Morgan fingerprint density at radius 1 is 1.14 bits per heavy atom. The molecule has 0 atom stereocenters. The fraction of sp³-hybridized carbons (Fsp3) is 0.0625. The van der Waals surface area contributed by atoms with Crippen LogP contribution in [0.15, 0.2) is 42.5 Å². The van der Waals surface area contributed by atoms with Gasteiger partial charge in [0.15, 0.2) is 6.29 Å². The molecule has 0 unspecified atom stereocenters. The fourth-order valence-corrected chi connectivity index (χ4v) is 2.38. The van der Waals surface area contributed by atoms with Crippen LogP contribution in [0.3, 0.4) is 0 Å². The molecule has 0 bridgehead atoms. The summed E-state index contributed by atoms with van der Waals surface area (Å²) in [6, 6.07) is 12.2. The van der Waals surface area contributed by atoms with Crippen LogP contribution >= 0.6 is 0 Å². The second-order valence-corrected chi connectivity index (χ2v) is 4.88. The number of rotatable bonds is 3. The van der Waals surface area contributed by atoms with Crippen LogP contribution in [0.2, 0.25) is 0 Å². The summed E-state index contributed by atoms with van der Waals surface area (Å²) in [5.41, 5.74) is 3.80. The molecule has 5 nitrogen and oxygen atoms in total. The molecule has 1 N–H and O–H groups in total. The summed E-state index contributed by atoms with van der Waals surface area (Å²) in [4.78, 5) is 25.0. The molecule has 0 aliphatic heterocycles. The Balaban J connectivity index is 2.26. The molecule has 0 saturated carbocycles. The molecular weight excluding hydrogens is 268 g/mol. The molecule has 1 aromatic heterocycles. The summed E-state index contributed by atoms with van der Waals surface area (Å²) < 4.78 is 0. The van der Waals surface area contributed by atoms with Crippen molar-refractivity contribution in [2.45, 2.75) is 6.92 Å². The van der Waals surface area contributed by atoms with Crippen molar-refractivity contribution in [1.29, 1.82) is 0 Å². The summed E-state index contributed by atoms with van der Waals surface area (Å²) in [5, 5.41) is 11.4. The lowest BCUT2D eigenvalue weighted by Crippen LogP contribution is -1.87. The second kappa shape index (κ2) is 4.86. The number of nitro groups is 1. The minimum Gasteiger partial charge on any atom is -0.354 e. The van der Waals surface area contributed by atoms with E-state index in [4.69, 9.17) is 0 Å². The number of carbonyl (C=O) groups excluding carboxylic acids is 1. The van der Waals surface area contributed by atoms with Gasteiger partial charge in [-0.1, -0.05) is 29.8 Å². The smallest absolute Gasteiger partial charge is 0.270 e. The van der Waals surface area contributed by atoms with Gasteiger partial charge >= 0.3 is 0 Å². The number of benzene rings is 2. The Labute approximate surface area is 120 Å². The number of H-pyrrole nitrogens is 1. The van der Waals surface area contributed by atoms with Crippen LogP contribution in [0.5, 0.6) is 0 Å². The van der Waals surface area contributed by atoms with E-state index in [9.17, 15) is 14.9 Å². The van der Waals surface area contributed by atoms with Gasteiger partial charge in [-0.2, -0.15) is 0 Å². The average molecular weight is 280 g/mol. The quantitative estimate of drug-likeness (QED) is 0.449. The highest BCUT2D eigenvalue weighted by Crippen LogP contribution is 2.31. The molecule has 0 spiro atoms. The molecule has 0 aliphatic carbocycles. The standard InChI is InChI=1S/C16H12N2O3/c1-10-2-4-11(5-3-10)16-14(9-19)13-8-12(18(20)21)6-7-15(13)17-16/h2-9,17H,1H3. The number of fused-ring (bicyclic) bond motifs is 1. The molecule has 21 heavy (non-hydrogen) atoms. The van der Waals surface area contributed by atoms with Gasteiger partial charge in [-0.25, -0.2) is 0 Å². The SMILES string of the molecule is Cc1ccc(-c2[nH]c3ccc([N+](=O)[O-])cc3c2C=O)cc1. The Kier molecular flexibility index (Phi) is 3.02. The van der Waals surface area contributed by atoms with Gasteiger partial charge in [0.1, 0.15) is 0 Å². The number of aldehydes is 1. The third-order valence-electron chi connectivity index (χ3n) is 3.49. The van der Waals surface area contributed by atoms with E-state index in [1.165, 1.54) is 12.1 Å². The largest absolute Gasteiger partial charge is 0.354 e. The van der Waals surface area contributed by atoms with Crippen LogP contribution in [-0.2, 0) is 0 Å². The minimum absolute atomic E-state index is 0.0277. The van der Waals surface area contributed by atoms with E-state index in [2.05, 4.69) is 4.98 Å². The molecule has 2 aromatic carbocycles. The van der Waals surface area contributed by atoms with E-state index in [-0.39, 0.29) is 5.69 Å². The first-order valence-corrected chi connectivity index (χ1v) is 6.42. The van der Waals surface area contributed by atoms with Crippen molar-refractivity contribution in [2.24, 2.45) is 0 Å². The van der Waals surface area contributed by atoms with Gasteiger partial charge in [-0.15, -0.1) is 0 Å². The van der Waals surface area contributed by atoms with E-state index in [1.54, 1.807) is 6.07 Å². The lowest BCUT2D eigenvalue weighted by atomic mass is 10.0. The summed E-state index contributed by atoms with van der Waals surface area (Å²) in [5.74, 6) is 0. The van der Waals surface area contributed by atoms with Crippen LogP contribution < -0.4 is 0 Å². The second-order valence-electron chi connectivity index (χ2n) is 4.88. The topological polar surface area (TPSA) is 76.0 Å². The van der Waals surface area contributed by atoms with Crippen molar-refractivity contribution >= 4 is 22.9 Å². The lowest BCUT2D eigenvalue weighted by molar-refractivity contribution is -0.384. The highest BCUT2D eigenvalue weighted by molar-refractivity contribution is 6.05. The molecule has 1 heterocycles. The summed E-state index contributed by atoms with van der Waals surface area (Å²) in [6.45, 7) is 1.99. The monoisotopic (exact) mass is 280 g/mol. The maximum absolute atomic E-state index is 11.4. The predicted octanol–water partition coefficient (Wildman–Crippen LogP) is 3.86. The normalized spacial score (nSPS) is 10.7. The molecule has 0 fully saturated rings. The van der Waals surface area contributed by atoms with Gasteiger partial charge < -0.3 is 4.98 Å². The van der Waals surface area contributed by atoms with Gasteiger partial charge in [0.05, 0.1) is 10.6 Å². The molecule has 3 rings (SSSR count). The van der Waals surface area contributed by atoms with Crippen LogP contribution in [0.1, 0.15) is 15.9 Å². The predicted molar refractivity (Wildman–Crippen MR) is 80.5 cm³/mol. The average Bonchev–Trinajstić information content (AvgIpc) is 2.85. The first-order valence-electron chi connectivity index (χ1n) is 6.42. The van der Waals surface area contributed by atoms with Gasteiger partial charge in [-0.3, -0.25) is 14.9 Å². The molecule has 5 heteroatoms. The Bertz CT molecular complexity index is 848. The molecule has 0 aliphatic rings. The number of aromatic nitrogens is 1. The zero-order valence-electron chi connectivity index (χ0n) is 11.3. The summed E-state index contributed by atoms with van der Waals surface area (Å²) in [6.07, 6.45) is 0.734. The number of nitrogens with zero attached hydrogens (tertiary/aromatic N) is 1. The van der Waals surface area contributed by atoms with Crippen molar-refractivity contribution in [2.75, 3.05) is 0 Å². The third-order valence-corrected chi connectivity index (χ3v) is 3.49. The number of hydrogen-bond donors (Lipinski definition) is 1. The summed E-state index contributed by atoms with van der Waals surface area (Å²) >= 11 is 0. The molecule has 0 saturated heterocycles. The Morgan fingerprint density at radius 2 is 1.86 bits per heavy atom. The van der Waals surface area contributed by atoms with Crippen LogP contribution in [-0.4, -0.2) is 16.2 Å². The highest BCUT2D eigenvalue weighted by atomic mass is 16.6. The minimum atomic E-state index is -0.466. The van der Waals surface area contributed by atoms with Gasteiger partial charge in [0, 0.05) is 28.6 Å². The van der Waals surface area contributed by atoms with Gasteiger partial charge in [0.25, 0.3) is 5.69 Å². The molecule has 3 aromatic rings. The van der Waals surface area contributed by atoms with E-state index >= 15 is 0 Å². The van der Waals surface area contributed by atoms with Crippen molar-refractivity contribution < 1.29 is 9.72 Å². The number of nitrogens with one attached hydrogen (secondary N) is 1. The fourth-order valence-electron chi connectivity index (χ4n) is 2.38. The first-order chi connectivity index (χ1) is 10.1. The van der Waals surface area contributed by atoms with Crippen LogP contribution in [0.4, 0.5) is 5.69 Å². The van der Waals surface area contributed by atoms with E-state index in [1.807, 2.05) is 31.2 Å². The highest BCUT2D eigenvalue weighted by Gasteiger charge is 2.15. The van der Waals surface area contributed by atoms with E-state index in [0.29, 0.717) is 22.2 Å². The first kappa shape index (κ1) is 13.1. The number of non-ortho nitro benzene ring substituents is 1. The van der Waals surface area contributed by atoms with E-state index in [0.717, 1.165) is 17.4 Å². The van der Waals surface area contributed by atoms with Crippen LogP contribution in [0, 0.1) is 17.0 Å². The number of aryl methyl sites for hydroxylation is 1. The van der Waals surface area contributed by atoms with Gasteiger partial charge in [-0.05, 0) is 18.6 Å². The van der Waals surface area contributed by atoms with Crippen molar-refractivity contribution in [1.82, 2.24) is 4.98 Å². The van der Waals surface area contributed by atoms with Crippen molar-refractivity contribution in [3.05, 3.63) is 63.7 Å². The Hall–Kier alpha value is -2.95. The van der Waals surface area contributed by atoms with Crippen molar-refractivity contribution in [3.8, 4) is 11.3 Å². The zero-order chi connectivity index (χ0) is 15.0. The maximum Gasteiger partial charge on any atom is 0.270 e. The number of hydrogen-bond acceptors (Lipinski definition) is 3. The molecule has 0 radical (unpaired) electrons. The van der Waals surface area contributed by atoms with E-state index < -0.39 is 4.92 Å². The lowest BCUT2D eigenvalue weighted by Gasteiger charge is -2.00. The third kappa shape index (κ3) is 2.18. The summed E-state index contributed by atoms with van der Waals surface area (Å²) in [7, 11) is 0. The van der Waals surface area contributed by atoms with Crippen LogP contribution in [0.25, 0.3) is 22.2 Å². The Morgan fingerprint density at radius 3 is 2.48 bits per heavy atom. The number of nitro benzene ring substituents is 1. The molecule has 104 valence electrons. The van der Waals surface area contributed by atoms with Gasteiger partial charge in [0.2, 0.25) is 0 Å². The number of carbonyl (C=O) groups is 1. The number of aromatic amines is 1. The zero-order valence-corrected chi connectivity index (χ0v) is 11.3. The maximum atomic E-state index is 11.4. The molecular formula is C16H12N2O3. The van der Waals surface area contributed by atoms with Crippen molar-refractivity contribution in [3.63, 3.8) is 0 Å².